The van der Waals surface area contributed by atoms with Gasteiger partial charge in [-0.1, -0.05) is 41.4 Å². The molecule has 0 aromatic heterocycles. The lowest BCUT2D eigenvalue weighted by Crippen LogP contribution is -2.73. The molecular weight excluding hydrogens is 445 g/mol. The van der Waals surface area contributed by atoms with Gasteiger partial charge in [0, 0.05) is 28.8 Å². The first kappa shape index (κ1) is 19.7. The number of imide groups is 2. The monoisotopic (exact) mass is 461 g/mol. The fraction of sp³-hybridized carbons (Fsp3) is 0.286. The maximum atomic E-state index is 14.0. The molecule has 3 aliphatic rings. The summed E-state index contributed by atoms with van der Waals surface area (Å²) in [5.74, 6) is 0.393. The van der Waals surface area contributed by atoms with Gasteiger partial charge in [-0.2, -0.15) is 11.8 Å². The lowest BCUT2D eigenvalue weighted by Gasteiger charge is -2.53. The van der Waals surface area contributed by atoms with Crippen LogP contribution in [0.15, 0.2) is 42.5 Å². The van der Waals surface area contributed by atoms with Gasteiger partial charge < -0.3 is 4.90 Å². The van der Waals surface area contributed by atoms with Crippen LogP contribution in [0, 0.1) is 5.41 Å². The van der Waals surface area contributed by atoms with E-state index in [0.29, 0.717) is 10.8 Å². The highest BCUT2D eigenvalue weighted by Gasteiger charge is 2.62. The van der Waals surface area contributed by atoms with Gasteiger partial charge >= 0.3 is 6.03 Å². The molecule has 0 bridgehead atoms. The van der Waals surface area contributed by atoms with Crippen LogP contribution in [0.25, 0.3) is 0 Å². The van der Waals surface area contributed by atoms with E-state index < -0.39 is 23.3 Å². The summed E-state index contributed by atoms with van der Waals surface area (Å²) in [5.41, 5.74) is 0.697. The van der Waals surface area contributed by atoms with Gasteiger partial charge in [-0.3, -0.25) is 14.9 Å². The van der Waals surface area contributed by atoms with Gasteiger partial charge in [-0.05, 0) is 36.2 Å². The predicted molar refractivity (Wildman–Crippen MR) is 119 cm³/mol. The van der Waals surface area contributed by atoms with E-state index in [1.165, 1.54) is 12.1 Å². The van der Waals surface area contributed by atoms with Crippen molar-refractivity contribution in [3.63, 3.8) is 0 Å². The van der Waals surface area contributed by atoms with Crippen molar-refractivity contribution >= 4 is 64.2 Å². The number of thioether (sulfide) groups is 1. The molecule has 2 fully saturated rings. The quantitative estimate of drug-likeness (QED) is 0.654. The Morgan fingerprint density at radius 3 is 2.70 bits per heavy atom. The highest BCUT2D eigenvalue weighted by atomic mass is 35.5. The van der Waals surface area contributed by atoms with E-state index in [2.05, 4.69) is 10.2 Å². The number of carbonyl (C=O) groups excluding carboxylic acids is 3. The maximum Gasteiger partial charge on any atom is 0.335 e. The summed E-state index contributed by atoms with van der Waals surface area (Å²) in [7, 11) is 0. The Labute approximate surface area is 187 Å². The molecule has 6 nitrogen and oxygen atoms in total. The molecule has 0 radical (unpaired) electrons. The third-order valence-electron chi connectivity index (χ3n) is 6.03. The Kier molecular flexibility index (Phi) is 4.72. The SMILES string of the molecule is O=C1NC(=O)[C@]2(Cc3ccccc3N3CCSC[C@@H]32)C(=O)N1c1cc(Cl)ccc1Cl. The first-order valence-corrected chi connectivity index (χ1v) is 11.4. The molecular formula is C21H17Cl2N3O3S. The molecule has 2 aromatic carbocycles. The zero-order chi connectivity index (χ0) is 21.0. The van der Waals surface area contributed by atoms with E-state index >= 15 is 0 Å². The van der Waals surface area contributed by atoms with Crippen LogP contribution >= 0.6 is 35.0 Å². The average Bonchev–Trinajstić information content (AvgIpc) is 2.74. The van der Waals surface area contributed by atoms with Gasteiger partial charge in [0.1, 0.15) is 0 Å². The van der Waals surface area contributed by atoms with Crippen molar-refractivity contribution in [3.05, 3.63) is 58.1 Å². The standard InChI is InChI=1S/C21H17Cl2N3O3S/c22-13-5-6-14(23)16(9-13)26-19(28)21(18(27)24-20(26)29)10-12-3-1-2-4-15(12)25-7-8-30-11-17(21)25/h1-6,9,17H,7-8,10-11H2,(H,24,27,29)/t17-,21-/m1/s1. The van der Waals surface area contributed by atoms with Crippen LogP contribution in [0.2, 0.25) is 10.0 Å². The number of nitrogens with zero attached hydrogens (tertiary/aromatic N) is 2. The van der Waals surface area contributed by atoms with Gasteiger partial charge in [0.05, 0.1) is 16.8 Å². The predicted octanol–water partition coefficient (Wildman–Crippen LogP) is 3.74. The second-order valence-corrected chi connectivity index (χ2v) is 9.55. The third kappa shape index (κ3) is 2.76. The number of fused-ring (bicyclic) bond motifs is 4. The normalized spacial score (nSPS) is 25.8. The summed E-state index contributed by atoms with van der Waals surface area (Å²) in [6.07, 6.45) is 0.220. The van der Waals surface area contributed by atoms with Crippen molar-refractivity contribution < 1.29 is 14.4 Å². The van der Waals surface area contributed by atoms with E-state index in [-0.39, 0.29) is 23.2 Å². The number of anilines is 2. The van der Waals surface area contributed by atoms with Crippen LogP contribution in [0.1, 0.15) is 5.56 Å². The minimum absolute atomic E-state index is 0.174. The second-order valence-electron chi connectivity index (χ2n) is 7.56. The molecule has 9 heteroatoms. The van der Waals surface area contributed by atoms with Crippen molar-refractivity contribution in [2.24, 2.45) is 5.41 Å². The Hall–Kier alpha value is -2.22. The highest BCUT2D eigenvalue weighted by Crippen LogP contribution is 2.47. The zero-order valence-corrected chi connectivity index (χ0v) is 18.1. The molecule has 0 unspecified atom stereocenters. The summed E-state index contributed by atoms with van der Waals surface area (Å²) in [4.78, 5) is 43.1. The van der Waals surface area contributed by atoms with Crippen LogP contribution in [-0.2, 0) is 16.0 Å². The molecule has 154 valence electrons. The fourth-order valence-corrected chi connectivity index (χ4v) is 6.19. The third-order valence-corrected chi connectivity index (χ3v) is 7.61. The number of halogens is 2. The van der Waals surface area contributed by atoms with Crippen LogP contribution < -0.4 is 15.1 Å². The number of barbiturate groups is 1. The number of urea groups is 1. The first-order chi connectivity index (χ1) is 14.4. The number of hydrogen-bond acceptors (Lipinski definition) is 5. The smallest absolute Gasteiger partial charge is 0.335 e. The van der Waals surface area contributed by atoms with Gasteiger partial charge in [-0.15, -0.1) is 0 Å². The maximum absolute atomic E-state index is 14.0. The Morgan fingerprint density at radius 2 is 1.87 bits per heavy atom. The molecule has 3 heterocycles. The van der Waals surface area contributed by atoms with Crippen LogP contribution in [-0.4, -0.2) is 41.9 Å². The average molecular weight is 462 g/mol. The molecule has 2 atom stereocenters. The number of nitrogens with one attached hydrogen (secondary N) is 1. The van der Waals surface area contributed by atoms with Crippen LogP contribution in [0.3, 0.4) is 0 Å². The molecule has 5 rings (SSSR count). The van der Waals surface area contributed by atoms with Gasteiger partial charge in [0.2, 0.25) is 5.91 Å². The number of benzene rings is 2. The van der Waals surface area contributed by atoms with E-state index in [4.69, 9.17) is 23.2 Å². The lowest BCUT2D eigenvalue weighted by molar-refractivity contribution is -0.144. The minimum atomic E-state index is -1.43. The van der Waals surface area contributed by atoms with Gasteiger partial charge in [0.15, 0.2) is 5.41 Å². The molecule has 3 aliphatic heterocycles. The molecule has 2 saturated heterocycles. The van der Waals surface area contributed by atoms with Crippen molar-refractivity contribution in [2.45, 2.75) is 12.5 Å². The molecule has 0 saturated carbocycles. The number of rotatable bonds is 1. The number of para-hydroxylation sites is 1. The topological polar surface area (TPSA) is 69.7 Å². The fourth-order valence-electron chi connectivity index (χ4n) is 4.64. The summed E-state index contributed by atoms with van der Waals surface area (Å²) in [6.45, 7) is 0.723. The largest absolute Gasteiger partial charge is 0.365 e. The summed E-state index contributed by atoms with van der Waals surface area (Å²) < 4.78 is 0. The Morgan fingerprint density at radius 1 is 1.07 bits per heavy atom. The number of hydrogen-bond donors (Lipinski definition) is 1. The van der Waals surface area contributed by atoms with Crippen molar-refractivity contribution in [2.75, 3.05) is 27.9 Å². The zero-order valence-electron chi connectivity index (χ0n) is 15.7. The lowest BCUT2D eigenvalue weighted by atomic mass is 9.69. The van der Waals surface area contributed by atoms with E-state index in [9.17, 15) is 14.4 Å². The summed E-state index contributed by atoms with van der Waals surface area (Å²) >= 11 is 14.1. The Bertz CT molecular complexity index is 1090. The highest BCUT2D eigenvalue weighted by molar-refractivity contribution is 7.99. The molecule has 1 spiro atoms. The van der Waals surface area contributed by atoms with Crippen LogP contribution in [0.5, 0.6) is 0 Å². The summed E-state index contributed by atoms with van der Waals surface area (Å²) in [5, 5.41) is 2.96. The van der Waals surface area contributed by atoms with Gasteiger partial charge in [-0.25, -0.2) is 9.69 Å². The second kappa shape index (κ2) is 7.18. The van der Waals surface area contributed by atoms with Crippen LogP contribution in [0.4, 0.5) is 16.2 Å². The van der Waals surface area contributed by atoms with E-state index in [0.717, 1.165) is 28.4 Å². The van der Waals surface area contributed by atoms with E-state index in [1.807, 2.05) is 24.3 Å². The molecule has 1 N–H and O–H groups in total. The molecule has 4 amide bonds. The molecule has 2 aromatic rings. The Balaban J connectivity index is 1.68. The van der Waals surface area contributed by atoms with Crippen molar-refractivity contribution in [1.29, 1.82) is 0 Å². The number of carbonyl (C=O) groups is 3. The first-order valence-electron chi connectivity index (χ1n) is 9.51. The molecule has 0 aliphatic carbocycles. The van der Waals surface area contributed by atoms with E-state index in [1.54, 1.807) is 17.8 Å². The minimum Gasteiger partial charge on any atom is -0.365 e. The molecule has 30 heavy (non-hydrogen) atoms. The number of amides is 4. The van der Waals surface area contributed by atoms with Gasteiger partial charge in [0.25, 0.3) is 5.91 Å². The van der Waals surface area contributed by atoms with Crippen molar-refractivity contribution in [1.82, 2.24) is 5.32 Å². The van der Waals surface area contributed by atoms with Crippen molar-refractivity contribution in [3.8, 4) is 0 Å². The summed E-state index contributed by atoms with van der Waals surface area (Å²) in [6, 6.07) is 11.2.